The first-order valence-corrected chi connectivity index (χ1v) is 7.87. The van der Waals surface area contributed by atoms with Gasteiger partial charge in [0, 0.05) is 23.9 Å². The van der Waals surface area contributed by atoms with E-state index in [1.807, 2.05) is 0 Å². The molecular formula is C18H17ClN2O4. The van der Waals surface area contributed by atoms with Gasteiger partial charge < -0.3 is 10.1 Å². The lowest BCUT2D eigenvalue weighted by molar-refractivity contribution is -0.114. The number of aryl methyl sites for hydroxylation is 2. The van der Waals surface area contributed by atoms with Crippen LogP contribution in [0.3, 0.4) is 0 Å². The molecule has 0 spiro atoms. The van der Waals surface area contributed by atoms with E-state index in [1.54, 1.807) is 44.2 Å². The Bertz CT molecular complexity index is 808. The average molecular weight is 361 g/mol. The number of ketones is 1. The lowest BCUT2D eigenvalue weighted by atomic mass is 10.1. The van der Waals surface area contributed by atoms with E-state index in [4.69, 9.17) is 16.3 Å². The van der Waals surface area contributed by atoms with Gasteiger partial charge in [0.15, 0.2) is 12.4 Å². The quantitative estimate of drug-likeness (QED) is 0.502. The molecule has 0 atom stereocenters. The van der Waals surface area contributed by atoms with E-state index in [9.17, 15) is 14.4 Å². The third-order valence-electron chi connectivity index (χ3n) is 3.37. The Labute approximate surface area is 150 Å². The highest BCUT2D eigenvalue weighted by Gasteiger charge is 2.18. The van der Waals surface area contributed by atoms with E-state index in [1.165, 1.54) is 6.92 Å². The fourth-order valence-corrected chi connectivity index (χ4v) is 2.63. The summed E-state index contributed by atoms with van der Waals surface area (Å²) in [6, 6.07) is 8.01. The monoisotopic (exact) mass is 360 g/mol. The molecule has 1 aromatic heterocycles. The smallest absolute Gasteiger partial charge is 0.342 e. The summed E-state index contributed by atoms with van der Waals surface area (Å²) in [7, 11) is 0. The number of Topliss-reactive ketones (excluding diaryl/α,β-unsaturated/α-hetero) is 1. The van der Waals surface area contributed by atoms with Crippen LogP contribution in [-0.4, -0.2) is 29.3 Å². The highest BCUT2D eigenvalue weighted by Crippen LogP contribution is 2.20. The molecule has 2 aromatic rings. The maximum Gasteiger partial charge on any atom is 0.342 e. The molecule has 0 aliphatic heterocycles. The van der Waals surface area contributed by atoms with Gasteiger partial charge in [0.05, 0.1) is 5.56 Å². The molecule has 0 bridgehead atoms. The van der Waals surface area contributed by atoms with E-state index in [2.05, 4.69) is 10.3 Å². The van der Waals surface area contributed by atoms with Gasteiger partial charge in [-0.15, -0.1) is 0 Å². The standard InChI is InChI=1S/C18H17ClN2O4/c1-10-8-11(2)20-17(19)16(10)18(24)25-9-15(23)13-4-6-14(7-5-13)21-12(3)22/h4-8H,9H2,1-3H3,(H,21,22). The summed E-state index contributed by atoms with van der Waals surface area (Å²) in [6.45, 7) is 4.47. The van der Waals surface area contributed by atoms with Crippen molar-refractivity contribution in [2.75, 3.05) is 11.9 Å². The number of rotatable bonds is 5. The SMILES string of the molecule is CC(=O)Nc1ccc(C(=O)COC(=O)c2c(C)cc(C)nc2Cl)cc1. The van der Waals surface area contributed by atoms with E-state index < -0.39 is 12.6 Å². The van der Waals surface area contributed by atoms with Crippen molar-refractivity contribution in [2.24, 2.45) is 0 Å². The number of halogens is 1. The van der Waals surface area contributed by atoms with Crippen molar-refractivity contribution in [2.45, 2.75) is 20.8 Å². The predicted octanol–water partition coefficient (Wildman–Crippen LogP) is 3.35. The number of esters is 1. The van der Waals surface area contributed by atoms with Crippen LogP contribution < -0.4 is 5.32 Å². The normalized spacial score (nSPS) is 10.2. The number of ether oxygens (including phenoxy) is 1. The molecule has 1 amide bonds. The molecule has 1 heterocycles. The third kappa shape index (κ3) is 4.87. The minimum absolute atomic E-state index is 0.0506. The van der Waals surface area contributed by atoms with Gasteiger partial charge in [-0.05, 0) is 49.7 Å². The van der Waals surface area contributed by atoms with Crippen LogP contribution in [0.25, 0.3) is 0 Å². The zero-order chi connectivity index (χ0) is 18.6. The van der Waals surface area contributed by atoms with Gasteiger partial charge in [-0.1, -0.05) is 11.6 Å². The van der Waals surface area contributed by atoms with Gasteiger partial charge in [-0.2, -0.15) is 0 Å². The number of nitrogens with zero attached hydrogens (tertiary/aromatic N) is 1. The minimum Gasteiger partial charge on any atom is -0.454 e. The third-order valence-corrected chi connectivity index (χ3v) is 3.64. The second-order valence-corrected chi connectivity index (χ2v) is 5.86. The summed E-state index contributed by atoms with van der Waals surface area (Å²) < 4.78 is 5.06. The van der Waals surface area contributed by atoms with E-state index >= 15 is 0 Å². The van der Waals surface area contributed by atoms with Crippen LogP contribution in [-0.2, 0) is 9.53 Å². The second-order valence-electron chi connectivity index (χ2n) is 5.50. The lowest BCUT2D eigenvalue weighted by Crippen LogP contribution is -2.16. The van der Waals surface area contributed by atoms with Gasteiger partial charge in [-0.3, -0.25) is 9.59 Å². The van der Waals surface area contributed by atoms with Crippen LogP contribution in [0.5, 0.6) is 0 Å². The van der Waals surface area contributed by atoms with Gasteiger partial charge in [0.25, 0.3) is 0 Å². The van der Waals surface area contributed by atoms with Crippen molar-refractivity contribution in [3.8, 4) is 0 Å². The molecule has 130 valence electrons. The lowest BCUT2D eigenvalue weighted by Gasteiger charge is -2.09. The van der Waals surface area contributed by atoms with Crippen molar-refractivity contribution in [3.05, 3.63) is 57.9 Å². The van der Waals surface area contributed by atoms with Crippen LogP contribution in [0.1, 0.15) is 38.9 Å². The molecule has 6 nitrogen and oxygen atoms in total. The molecule has 7 heteroatoms. The van der Waals surface area contributed by atoms with Crippen LogP contribution in [0.2, 0.25) is 5.15 Å². The number of hydrogen-bond donors (Lipinski definition) is 1. The van der Waals surface area contributed by atoms with Crippen molar-refractivity contribution in [3.63, 3.8) is 0 Å². The van der Waals surface area contributed by atoms with Crippen molar-refractivity contribution in [1.29, 1.82) is 0 Å². The topological polar surface area (TPSA) is 85.4 Å². The molecule has 0 aliphatic rings. The predicted molar refractivity (Wildman–Crippen MR) is 94.1 cm³/mol. The fraction of sp³-hybridized carbons (Fsp3) is 0.222. The molecule has 0 radical (unpaired) electrons. The largest absolute Gasteiger partial charge is 0.454 e. The van der Waals surface area contributed by atoms with Crippen molar-refractivity contribution >= 4 is 34.9 Å². The van der Waals surface area contributed by atoms with Crippen LogP contribution in [0.4, 0.5) is 5.69 Å². The number of aromatic nitrogens is 1. The summed E-state index contributed by atoms with van der Waals surface area (Å²) in [6.07, 6.45) is 0. The molecular weight excluding hydrogens is 344 g/mol. The molecule has 0 saturated carbocycles. The number of nitrogens with one attached hydrogen (secondary N) is 1. The van der Waals surface area contributed by atoms with E-state index in [0.29, 0.717) is 22.5 Å². The first kappa shape index (κ1) is 18.6. The minimum atomic E-state index is -0.696. The molecule has 1 aromatic carbocycles. The number of benzene rings is 1. The fourth-order valence-electron chi connectivity index (χ4n) is 2.27. The number of carbonyl (C=O) groups is 3. The molecule has 0 aliphatic carbocycles. The van der Waals surface area contributed by atoms with Gasteiger partial charge in [-0.25, -0.2) is 9.78 Å². The molecule has 25 heavy (non-hydrogen) atoms. The van der Waals surface area contributed by atoms with E-state index in [-0.39, 0.29) is 22.4 Å². The summed E-state index contributed by atoms with van der Waals surface area (Å²) in [5, 5.41) is 2.65. The summed E-state index contributed by atoms with van der Waals surface area (Å²) in [5.41, 5.74) is 2.42. The highest BCUT2D eigenvalue weighted by molar-refractivity contribution is 6.32. The molecule has 1 N–H and O–H groups in total. The van der Waals surface area contributed by atoms with E-state index in [0.717, 1.165) is 0 Å². The van der Waals surface area contributed by atoms with Crippen LogP contribution in [0, 0.1) is 13.8 Å². The van der Waals surface area contributed by atoms with Crippen LogP contribution >= 0.6 is 11.6 Å². The molecule has 2 rings (SSSR count). The number of carbonyl (C=O) groups excluding carboxylic acids is 3. The number of amides is 1. The average Bonchev–Trinajstić information content (AvgIpc) is 2.51. The van der Waals surface area contributed by atoms with Crippen LogP contribution in [0.15, 0.2) is 30.3 Å². The van der Waals surface area contributed by atoms with Gasteiger partial charge in [0.1, 0.15) is 5.15 Å². The number of hydrogen-bond acceptors (Lipinski definition) is 5. The first-order valence-electron chi connectivity index (χ1n) is 7.49. The Morgan fingerprint density at radius 1 is 1.16 bits per heavy atom. The summed E-state index contributed by atoms with van der Waals surface area (Å²) >= 11 is 5.99. The number of pyridine rings is 1. The molecule has 0 unspecified atom stereocenters. The zero-order valence-corrected chi connectivity index (χ0v) is 14.8. The van der Waals surface area contributed by atoms with Gasteiger partial charge in [0.2, 0.25) is 5.91 Å². The Hall–Kier alpha value is -2.73. The maximum absolute atomic E-state index is 12.2. The van der Waals surface area contributed by atoms with Crippen molar-refractivity contribution in [1.82, 2.24) is 4.98 Å². The zero-order valence-electron chi connectivity index (χ0n) is 14.1. The highest BCUT2D eigenvalue weighted by atomic mass is 35.5. The summed E-state index contributed by atoms with van der Waals surface area (Å²) in [4.78, 5) is 39.3. The Morgan fingerprint density at radius 3 is 2.36 bits per heavy atom. The first-order chi connectivity index (χ1) is 11.8. The molecule has 0 fully saturated rings. The Kier molecular flexibility index (Phi) is 5.88. The molecule has 0 saturated heterocycles. The Morgan fingerprint density at radius 2 is 1.80 bits per heavy atom. The maximum atomic E-state index is 12.2. The summed E-state index contributed by atoms with van der Waals surface area (Å²) in [5.74, 6) is -1.26. The number of anilines is 1. The Balaban J connectivity index is 2.02. The second kappa shape index (κ2) is 7.90. The van der Waals surface area contributed by atoms with Gasteiger partial charge >= 0.3 is 5.97 Å². The van der Waals surface area contributed by atoms with Crippen molar-refractivity contribution < 1.29 is 19.1 Å².